The Labute approximate surface area is 154 Å². The van der Waals surface area contributed by atoms with Crippen LogP contribution in [0.1, 0.15) is 52.0 Å². The monoisotopic (exact) mass is 354 g/mol. The van der Waals surface area contributed by atoms with E-state index >= 15 is 0 Å². The predicted octanol–water partition coefficient (Wildman–Crippen LogP) is 4.79. The summed E-state index contributed by atoms with van der Waals surface area (Å²) in [6.45, 7) is 8.11. The Morgan fingerprint density at radius 1 is 0.962 bits per heavy atom. The van der Waals surface area contributed by atoms with Crippen LogP contribution in [0.5, 0.6) is 11.5 Å². The highest BCUT2D eigenvalue weighted by Gasteiger charge is 2.51. The van der Waals surface area contributed by atoms with Gasteiger partial charge in [-0.15, -0.1) is 0 Å². The molecule has 0 bridgehead atoms. The van der Waals surface area contributed by atoms with Crippen LogP contribution in [-0.4, -0.2) is 18.3 Å². The smallest absolute Gasteiger partial charge is 0.454 e. The zero-order valence-corrected chi connectivity index (χ0v) is 15.7. The standard InChI is InChI=1S/C21H24BFO3/c1-20(2)21(3,4)26-22(25-20)15-10-12-16(13-11-15)24-18-7-5-6-17(19(18)23)14-8-9-14/h5-7,10-14H,8-9H2,1-4H3. The van der Waals surface area contributed by atoms with Gasteiger partial charge in [0, 0.05) is 0 Å². The second-order valence-electron chi connectivity index (χ2n) is 8.19. The molecule has 2 aromatic carbocycles. The van der Waals surface area contributed by atoms with Gasteiger partial charge in [0.1, 0.15) is 5.75 Å². The normalized spacial score (nSPS) is 21.0. The Bertz CT molecular complexity index is 797. The molecule has 1 aliphatic heterocycles. The van der Waals surface area contributed by atoms with Crippen LogP contribution >= 0.6 is 0 Å². The number of hydrogen-bond acceptors (Lipinski definition) is 3. The van der Waals surface area contributed by atoms with Crippen molar-refractivity contribution in [2.24, 2.45) is 0 Å². The van der Waals surface area contributed by atoms with Crippen LogP contribution in [-0.2, 0) is 9.31 Å². The average molecular weight is 354 g/mol. The van der Waals surface area contributed by atoms with Crippen molar-refractivity contribution in [1.82, 2.24) is 0 Å². The Hall–Kier alpha value is -1.85. The van der Waals surface area contributed by atoms with E-state index in [0.29, 0.717) is 11.7 Å². The van der Waals surface area contributed by atoms with Crippen LogP contribution in [0, 0.1) is 5.82 Å². The number of halogens is 1. The summed E-state index contributed by atoms with van der Waals surface area (Å²) >= 11 is 0. The molecule has 2 fully saturated rings. The second kappa shape index (κ2) is 6.10. The summed E-state index contributed by atoms with van der Waals surface area (Å²) in [6.07, 6.45) is 2.12. The van der Waals surface area contributed by atoms with E-state index in [4.69, 9.17) is 14.0 Å². The molecule has 1 saturated carbocycles. The first-order valence-corrected chi connectivity index (χ1v) is 9.19. The molecule has 0 spiro atoms. The van der Waals surface area contributed by atoms with E-state index in [0.717, 1.165) is 23.9 Å². The molecule has 0 unspecified atom stereocenters. The lowest BCUT2D eigenvalue weighted by Crippen LogP contribution is -2.41. The van der Waals surface area contributed by atoms with E-state index in [2.05, 4.69) is 0 Å². The highest BCUT2D eigenvalue weighted by atomic mass is 19.1. The van der Waals surface area contributed by atoms with E-state index in [1.165, 1.54) is 0 Å². The largest absolute Gasteiger partial charge is 0.494 e. The molecule has 4 rings (SSSR count). The van der Waals surface area contributed by atoms with E-state index in [9.17, 15) is 4.39 Å². The molecule has 5 heteroatoms. The SMILES string of the molecule is CC1(C)OB(c2ccc(Oc3cccc(C4CC4)c3F)cc2)OC1(C)C. The fourth-order valence-corrected chi connectivity index (χ4v) is 3.12. The summed E-state index contributed by atoms with van der Waals surface area (Å²) in [4.78, 5) is 0. The maximum Gasteiger partial charge on any atom is 0.494 e. The zero-order chi connectivity index (χ0) is 18.5. The third-order valence-corrected chi connectivity index (χ3v) is 5.64. The van der Waals surface area contributed by atoms with Gasteiger partial charge in [-0.1, -0.05) is 24.3 Å². The van der Waals surface area contributed by atoms with Crippen molar-refractivity contribution < 1.29 is 18.4 Å². The van der Waals surface area contributed by atoms with Crippen molar-refractivity contribution >= 4 is 12.6 Å². The lowest BCUT2D eigenvalue weighted by Gasteiger charge is -2.32. The van der Waals surface area contributed by atoms with Gasteiger partial charge in [-0.3, -0.25) is 0 Å². The van der Waals surface area contributed by atoms with Crippen LogP contribution in [0.2, 0.25) is 0 Å². The molecule has 136 valence electrons. The number of rotatable bonds is 4. The molecule has 0 atom stereocenters. The maximum atomic E-state index is 14.6. The maximum absolute atomic E-state index is 14.6. The summed E-state index contributed by atoms with van der Waals surface area (Å²) in [5.41, 5.74) is 0.929. The first kappa shape index (κ1) is 17.6. The topological polar surface area (TPSA) is 27.7 Å². The Balaban J connectivity index is 1.50. The Morgan fingerprint density at radius 3 is 2.15 bits per heavy atom. The van der Waals surface area contributed by atoms with Gasteiger partial charge < -0.3 is 14.0 Å². The molecule has 0 radical (unpaired) electrons. The summed E-state index contributed by atoms with van der Waals surface area (Å²) in [5, 5.41) is 0. The van der Waals surface area contributed by atoms with Crippen LogP contribution in [0.15, 0.2) is 42.5 Å². The fraction of sp³-hybridized carbons (Fsp3) is 0.429. The van der Waals surface area contributed by atoms with Gasteiger partial charge in [0.05, 0.1) is 11.2 Å². The molecule has 1 saturated heterocycles. The molecule has 3 nitrogen and oxygen atoms in total. The third kappa shape index (κ3) is 3.14. The zero-order valence-electron chi connectivity index (χ0n) is 15.7. The Morgan fingerprint density at radius 2 is 1.58 bits per heavy atom. The average Bonchev–Trinajstić information content (AvgIpc) is 3.38. The molecule has 1 aliphatic carbocycles. The molecule has 2 aromatic rings. The minimum Gasteiger partial charge on any atom is -0.454 e. The first-order chi connectivity index (χ1) is 12.3. The Kier molecular flexibility index (Phi) is 4.12. The summed E-state index contributed by atoms with van der Waals surface area (Å²) in [6, 6.07) is 12.8. The fourth-order valence-electron chi connectivity index (χ4n) is 3.12. The molecule has 1 heterocycles. The second-order valence-corrected chi connectivity index (χ2v) is 8.19. The van der Waals surface area contributed by atoms with Gasteiger partial charge in [-0.25, -0.2) is 4.39 Å². The molecule has 0 aromatic heterocycles. The van der Waals surface area contributed by atoms with Crippen LogP contribution in [0.25, 0.3) is 0 Å². The van der Waals surface area contributed by atoms with Gasteiger partial charge in [0.2, 0.25) is 0 Å². The highest BCUT2D eigenvalue weighted by molar-refractivity contribution is 6.62. The molecule has 2 aliphatic rings. The van der Waals surface area contributed by atoms with Gasteiger partial charge in [0.15, 0.2) is 11.6 Å². The van der Waals surface area contributed by atoms with Gasteiger partial charge in [-0.05, 0) is 75.7 Å². The minimum absolute atomic E-state index is 0.245. The van der Waals surface area contributed by atoms with E-state index < -0.39 is 7.12 Å². The van der Waals surface area contributed by atoms with Crippen molar-refractivity contribution in [3.8, 4) is 11.5 Å². The van der Waals surface area contributed by atoms with Crippen molar-refractivity contribution in [2.45, 2.75) is 57.7 Å². The van der Waals surface area contributed by atoms with Gasteiger partial charge in [0.25, 0.3) is 0 Å². The van der Waals surface area contributed by atoms with Crippen LogP contribution in [0.4, 0.5) is 4.39 Å². The van der Waals surface area contributed by atoms with Gasteiger partial charge in [-0.2, -0.15) is 0 Å². The van der Waals surface area contributed by atoms with Gasteiger partial charge >= 0.3 is 7.12 Å². The molecular formula is C21H24BFO3. The number of hydrogen-bond donors (Lipinski definition) is 0. The third-order valence-electron chi connectivity index (χ3n) is 5.64. The lowest BCUT2D eigenvalue weighted by molar-refractivity contribution is 0.00578. The molecule has 0 N–H and O–H groups in total. The van der Waals surface area contributed by atoms with E-state index in [-0.39, 0.29) is 22.8 Å². The predicted molar refractivity (Wildman–Crippen MR) is 101 cm³/mol. The summed E-state index contributed by atoms with van der Waals surface area (Å²) in [5.74, 6) is 0.976. The first-order valence-electron chi connectivity index (χ1n) is 9.19. The van der Waals surface area contributed by atoms with Crippen LogP contribution < -0.4 is 10.2 Å². The number of benzene rings is 2. The lowest BCUT2D eigenvalue weighted by atomic mass is 9.79. The van der Waals surface area contributed by atoms with Crippen molar-refractivity contribution in [2.75, 3.05) is 0 Å². The van der Waals surface area contributed by atoms with E-state index in [1.807, 2.05) is 64.1 Å². The molecule has 26 heavy (non-hydrogen) atoms. The minimum atomic E-state index is -0.413. The quantitative estimate of drug-likeness (QED) is 0.739. The highest BCUT2D eigenvalue weighted by Crippen LogP contribution is 2.43. The van der Waals surface area contributed by atoms with Crippen molar-refractivity contribution in [3.05, 3.63) is 53.8 Å². The summed E-state index contributed by atoms with van der Waals surface area (Å²) in [7, 11) is -0.413. The summed E-state index contributed by atoms with van der Waals surface area (Å²) < 4.78 is 32.5. The number of ether oxygens (including phenoxy) is 1. The van der Waals surface area contributed by atoms with Crippen molar-refractivity contribution in [1.29, 1.82) is 0 Å². The molecular weight excluding hydrogens is 330 g/mol. The van der Waals surface area contributed by atoms with Crippen LogP contribution in [0.3, 0.4) is 0 Å². The molecule has 0 amide bonds. The van der Waals surface area contributed by atoms with E-state index in [1.54, 1.807) is 6.07 Å². The van der Waals surface area contributed by atoms with Crippen molar-refractivity contribution in [3.63, 3.8) is 0 Å².